The number of aryl methyl sites for hydroxylation is 1. The van der Waals surface area contributed by atoms with Gasteiger partial charge >= 0.3 is 0 Å². The SMILES string of the molecule is CCCc1nc2ccc(F)cn2c1C(=O)N1c2ccccc2CC1C. The van der Waals surface area contributed by atoms with Crippen molar-refractivity contribution >= 4 is 17.2 Å². The first-order chi connectivity index (χ1) is 12.1. The molecule has 0 saturated heterocycles. The first-order valence-electron chi connectivity index (χ1n) is 8.68. The zero-order valence-electron chi connectivity index (χ0n) is 14.4. The van der Waals surface area contributed by atoms with Gasteiger partial charge in [0, 0.05) is 17.9 Å². The lowest BCUT2D eigenvalue weighted by atomic mass is 10.1. The minimum absolute atomic E-state index is 0.0680. The number of imidazole rings is 1. The monoisotopic (exact) mass is 337 g/mol. The summed E-state index contributed by atoms with van der Waals surface area (Å²) in [5.41, 5.74) is 3.91. The minimum Gasteiger partial charge on any atom is -0.304 e. The summed E-state index contributed by atoms with van der Waals surface area (Å²) in [5.74, 6) is -0.490. The predicted molar refractivity (Wildman–Crippen MR) is 95.6 cm³/mol. The molecule has 0 bridgehead atoms. The largest absolute Gasteiger partial charge is 0.304 e. The molecule has 1 aromatic carbocycles. The third kappa shape index (κ3) is 2.51. The molecule has 3 aromatic rings. The van der Waals surface area contributed by atoms with E-state index in [1.165, 1.54) is 17.8 Å². The Morgan fingerprint density at radius 3 is 2.88 bits per heavy atom. The van der Waals surface area contributed by atoms with E-state index < -0.39 is 0 Å². The zero-order chi connectivity index (χ0) is 17.6. The van der Waals surface area contributed by atoms with Gasteiger partial charge < -0.3 is 4.90 Å². The molecule has 25 heavy (non-hydrogen) atoms. The number of hydrogen-bond donors (Lipinski definition) is 0. The Morgan fingerprint density at radius 1 is 1.28 bits per heavy atom. The molecule has 1 amide bonds. The summed E-state index contributed by atoms with van der Waals surface area (Å²) < 4.78 is 15.4. The topological polar surface area (TPSA) is 37.6 Å². The van der Waals surface area contributed by atoms with Crippen molar-refractivity contribution in [2.24, 2.45) is 0 Å². The summed E-state index contributed by atoms with van der Waals surface area (Å²) in [6.07, 6.45) is 3.74. The predicted octanol–water partition coefficient (Wildman–Crippen LogP) is 4.02. The number of para-hydroxylation sites is 1. The summed E-state index contributed by atoms with van der Waals surface area (Å²) in [6, 6.07) is 11.0. The molecule has 2 aromatic heterocycles. The van der Waals surface area contributed by atoms with Gasteiger partial charge in [-0.05, 0) is 43.5 Å². The van der Waals surface area contributed by atoms with Crippen molar-refractivity contribution < 1.29 is 9.18 Å². The van der Waals surface area contributed by atoms with E-state index in [2.05, 4.69) is 11.1 Å². The first-order valence-corrected chi connectivity index (χ1v) is 8.68. The van der Waals surface area contributed by atoms with Gasteiger partial charge in [0.25, 0.3) is 5.91 Å². The lowest BCUT2D eigenvalue weighted by molar-refractivity contribution is 0.0974. The summed E-state index contributed by atoms with van der Waals surface area (Å²) >= 11 is 0. The minimum atomic E-state index is -0.378. The third-order valence-electron chi connectivity index (χ3n) is 4.77. The van der Waals surface area contributed by atoms with Gasteiger partial charge in [-0.25, -0.2) is 9.37 Å². The second-order valence-electron chi connectivity index (χ2n) is 6.59. The number of rotatable bonds is 3. The number of halogens is 1. The molecule has 5 heteroatoms. The van der Waals surface area contributed by atoms with Crippen LogP contribution in [-0.2, 0) is 12.8 Å². The van der Waals surface area contributed by atoms with Crippen molar-refractivity contribution in [1.82, 2.24) is 9.38 Å². The van der Waals surface area contributed by atoms with E-state index in [0.29, 0.717) is 17.8 Å². The second kappa shape index (κ2) is 5.99. The molecule has 4 nitrogen and oxygen atoms in total. The van der Waals surface area contributed by atoms with Crippen LogP contribution in [0.5, 0.6) is 0 Å². The zero-order valence-corrected chi connectivity index (χ0v) is 14.4. The maximum atomic E-state index is 13.8. The molecule has 0 spiro atoms. The van der Waals surface area contributed by atoms with E-state index in [0.717, 1.165) is 24.2 Å². The Kier molecular flexibility index (Phi) is 3.79. The lowest BCUT2D eigenvalue weighted by Gasteiger charge is -2.23. The quantitative estimate of drug-likeness (QED) is 0.724. The first kappa shape index (κ1) is 15.8. The van der Waals surface area contributed by atoms with Crippen molar-refractivity contribution in [3.63, 3.8) is 0 Å². The van der Waals surface area contributed by atoms with Crippen molar-refractivity contribution in [3.8, 4) is 0 Å². The number of pyridine rings is 1. The number of carbonyl (C=O) groups excluding carboxylic acids is 1. The number of benzene rings is 1. The van der Waals surface area contributed by atoms with Crippen LogP contribution in [0.4, 0.5) is 10.1 Å². The van der Waals surface area contributed by atoms with Crippen molar-refractivity contribution in [1.29, 1.82) is 0 Å². The van der Waals surface area contributed by atoms with Crippen LogP contribution < -0.4 is 4.90 Å². The van der Waals surface area contributed by atoms with E-state index in [-0.39, 0.29) is 17.8 Å². The van der Waals surface area contributed by atoms with Crippen LogP contribution >= 0.6 is 0 Å². The molecule has 0 radical (unpaired) electrons. The Hall–Kier alpha value is -2.69. The van der Waals surface area contributed by atoms with Crippen LogP contribution in [0.1, 0.15) is 42.0 Å². The molecule has 1 aliphatic rings. The highest BCUT2D eigenvalue weighted by atomic mass is 19.1. The highest BCUT2D eigenvalue weighted by molar-refractivity contribution is 6.08. The summed E-state index contributed by atoms with van der Waals surface area (Å²) in [4.78, 5) is 19.8. The number of amides is 1. The molecule has 4 rings (SSSR count). The fraction of sp³-hybridized carbons (Fsp3) is 0.300. The van der Waals surface area contributed by atoms with Crippen molar-refractivity contribution in [2.45, 2.75) is 39.2 Å². The summed E-state index contributed by atoms with van der Waals surface area (Å²) in [5, 5.41) is 0. The fourth-order valence-electron chi connectivity index (χ4n) is 3.69. The maximum Gasteiger partial charge on any atom is 0.277 e. The molecule has 3 heterocycles. The molecule has 128 valence electrons. The molecule has 0 N–H and O–H groups in total. The smallest absolute Gasteiger partial charge is 0.277 e. The summed E-state index contributed by atoms with van der Waals surface area (Å²) in [6.45, 7) is 4.09. The maximum absolute atomic E-state index is 13.8. The number of nitrogens with zero attached hydrogens (tertiary/aromatic N) is 3. The molecule has 1 aliphatic heterocycles. The normalized spacial score (nSPS) is 16.4. The van der Waals surface area contributed by atoms with E-state index in [9.17, 15) is 9.18 Å². The van der Waals surface area contributed by atoms with Crippen LogP contribution in [0.25, 0.3) is 5.65 Å². The Bertz CT molecular complexity index is 963. The third-order valence-corrected chi connectivity index (χ3v) is 4.77. The van der Waals surface area contributed by atoms with E-state index in [4.69, 9.17) is 0 Å². The Labute approximate surface area is 145 Å². The van der Waals surface area contributed by atoms with Gasteiger partial charge in [0.05, 0.1) is 5.69 Å². The summed E-state index contributed by atoms with van der Waals surface area (Å²) in [7, 11) is 0. The molecule has 1 unspecified atom stereocenters. The average molecular weight is 337 g/mol. The van der Waals surface area contributed by atoms with E-state index >= 15 is 0 Å². The van der Waals surface area contributed by atoms with Gasteiger partial charge in [0.2, 0.25) is 0 Å². The fourth-order valence-corrected chi connectivity index (χ4v) is 3.69. The highest BCUT2D eigenvalue weighted by Crippen LogP contribution is 2.33. The van der Waals surface area contributed by atoms with Gasteiger partial charge in [-0.2, -0.15) is 0 Å². The van der Waals surface area contributed by atoms with Crippen molar-refractivity contribution in [2.75, 3.05) is 4.90 Å². The average Bonchev–Trinajstić information content (AvgIpc) is 3.10. The van der Waals surface area contributed by atoms with Gasteiger partial charge in [0.15, 0.2) is 0 Å². The van der Waals surface area contributed by atoms with Crippen LogP contribution in [0, 0.1) is 5.82 Å². The molecular weight excluding hydrogens is 317 g/mol. The number of anilines is 1. The number of aromatic nitrogens is 2. The standard InChI is InChI=1S/C20H20FN3O/c1-3-6-16-19(23-12-15(21)9-10-18(23)22-16)20(25)24-13(2)11-14-7-4-5-8-17(14)24/h4-5,7-10,12-13H,3,6,11H2,1-2H3. The highest BCUT2D eigenvalue weighted by Gasteiger charge is 2.34. The van der Waals surface area contributed by atoms with Gasteiger partial charge in [-0.15, -0.1) is 0 Å². The Balaban J connectivity index is 1.87. The van der Waals surface area contributed by atoms with Crippen LogP contribution in [0.15, 0.2) is 42.6 Å². The van der Waals surface area contributed by atoms with Crippen molar-refractivity contribution in [3.05, 3.63) is 65.4 Å². The van der Waals surface area contributed by atoms with Crippen LogP contribution in [0.3, 0.4) is 0 Å². The number of carbonyl (C=O) groups is 1. The number of fused-ring (bicyclic) bond motifs is 2. The van der Waals surface area contributed by atoms with Gasteiger partial charge in [0.1, 0.15) is 17.2 Å². The second-order valence-corrected chi connectivity index (χ2v) is 6.59. The molecule has 0 aliphatic carbocycles. The van der Waals surface area contributed by atoms with E-state index in [1.54, 1.807) is 10.5 Å². The molecular formula is C20H20FN3O. The molecule has 1 atom stereocenters. The lowest BCUT2D eigenvalue weighted by Crippen LogP contribution is -2.37. The molecule has 0 saturated carbocycles. The van der Waals surface area contributed by atoms with Gasteiger partial charge in [-0.3, -0.25) is 9.20 Å². The molecule has 0 fully saturated rings. The van der Waals surface area contributed by atoms with Gasteiger partial charge in [-0.1, -0.05) is 31.5 Å². The van der Waals surface area contributed by atoms with Crippen LogP contribution in [-0.4, -0.2) is 21.3 Å². The number of hydrogen-bond acceptors (Lipinski definition) is 2. The Morgan fingerprint density at radius 2 is 2.08 bits per heavy atom. The van der Waals surface area contributed by atoms with Crippen LogP contribution in [0.2, 0.25) is 0 Å². The van der Waals surface area contributed by atoms with E-state index in [1.807, 2.05) is 36.9 Å².